The predicted octanol–water partition coefficient (Wildman–Crippen LogP) is 2.38. The van der Waals surface area contributed by atoms with Gasteiger partial charge >= 0.3 is 11.7 Å². The number of esters is 1. The molecule has 1 unspecified atom stereocenters. The van der Waals surface area contributed by atoms with E-state index in [4.69, 9.17) is 4.74 Å². The summed E-state index contributed by atoms with van der Waals surface area (Å²) in [7, 11) is 2.96. The SMILES string of the molecule is COC(=O)c1ccc(C(=O)N2CCCC(c3nn(C)c(=O)n3-c3ccccc3)C2)cc1. The van der Waals surface area contributed by atoms with Crippen LogP contribution in [0.2, 0.25) is 0 Å². The topological polar surface area (TPSA) is 86.4 Å². The van der Waals surface area contributed by atoms with Crippen LogP contribution in [0.3, 0.4) is 0 Å². The van der Waals surface area contributed by atoms with Crippen LogP contribution in [-0.2, 0) is 11.8 Å². The molecule has 0 N–H and O–H groups in total. The van der Waals surface area contributed by atoms with E-state index >= 15 is 0 Å². The normalized spacial score (nSPS) is 16.2. The first-order valence-corrected chi connectivity index (χ1v) is 10.2. The van der Waals surface area contributed by atoms with Crippen molar-refractivity contribution in [2.75, 3.05) is 20.2 Å². The van der Waals surface area contributed by atoms with Gasteiger partial charge in [0, 0.05) is 31.6 Å². The first-order chi connectivity index (χ1) is 15.0. The largest absolute Gasteiger partial charge is 0.465 e. The number of hydrogen-bond donors (Lipinski definition) is 0. The Morgan fingerprint density at radius 3 is 2.39 bits per heavy atom. The molecule has 8 heteroatoms. The van der Waals surface area contributed by atoms with Crippen molar-refractivity contribution in [1.82, 2.24) is 19.2 Å². The van der Waals surface area contributed by atoms with Crippen LogP contribution in [0.4, 0.5) is 0 Å². The van der Waals surface area contributed by atoms with Crippen LogP contribution < -0.4 is 5.69 Å². The lowest BCUT2D eigenvalue weighted by molar-refractivity contribution is 0.0599. The zero-order valence-corrected chi connectivity index (χ0v) is 17.5. The molecule has 8 nitrogen and oxygen atoms in total. The first kappa shape index (κ1) is 20.6. The third-order valence-corrected chi connectivity index (χ3v) is 5.59. The number of nitrogens with zero attached hydrogens (tertiary/aromatic N) is 4. The minimum absolute atomic E-state index is 0.0545. The molecule has 2 aromatic carbocycles. The second kappa shape index (κ2) is 8.59. The fourth-order valence-electron chi connectivity index (χ4n) is 3.99. The molecule has 1 aliphatic heterocycles. The smallest absolute Gasteiger partial charge is 0.350 e. The zero-order chi connectivity index (χ0) is 22.0. The molecule has 1 fully saturated rings. The molecule has 0 spiro atoms. The molecule has 0 bridgehead atoms. The van der Waals surface area contributed by atoms with Gasteiger partial charge in [0.2, 0.25) is 0 Å². The number of rotatable bonds is 4. The van der Waals surface area contributed by atoms with Crippen LogP contribution in [0, 0.1) is 0 Å². The van der Waals surface area contributed by atoms with E-state index in [0.717, 1.165) is 18.5 Å². The number of piperidine rings is 1. The molecule has 1 aliphatic rings. The second-order valence-electron chi connectivity index (χ2n) is 7.59. The summed E-state index contributed by atoms with van der Waals surface area (Å²) in [6, 6.07) is 15.9. The molecule has 0 radical (unpaired) electrons. The van der Waals surface area contributed by atoms with E-state index < -0.39 is 5.97 Å². The summed E-state index contributed by atoms with van der Waals surface area (Å²) in [5.41, 5.74) is 1.46. The van der Waals surface area contributed by atoms with Crippen LogP contribution in [0.1, 0.15) is 45.3 Å². The number of carbonyl (C=O) groups is 2. The Kier molecular flexibility index (Phi) is 5.70. The van der Waals surface area contributed by atoms with Gasteiger partial charge in [-0.05, 0) is 49.2 Å². The van der Waals surface area contributed by atoms with Crippen molar-refractivity contribution in [2.24, 2.45) is 7.05 Å². The van der Waals surface area contributed by atoms with Gasteiger partial charge in [-0.15, -0.1) is 0 Å². The Labute approximate surface area is 179 Å². The van der Waals surface area contributed by atoms with E-state index in [2.05, 4.69) is 5.10 Å². The fourth-order valence-corrected chi connectivity index (χ4v) is 3.99. The number of likely N-dealkylation sites (tertiary alicyclic amines) is 1. The average molecular weight is 420 g/mol. The van der Waals surface area contributed by atoms with Crippen molar-refractivity contribution in [1.29, 1.82) is 0 Å². The van der Waals surface area contributed by atoms with E-state index in [1.165, 1.54) is 11.8 Å². The molecular formula is C23H24N4O4. The Balaban J connectivity index is 1.58. The van der Waals surface area contributed by atoms with Crippen LogP contribution in [-0.4, -0.2) is 51.3 Å². The van der Waals surface area contributed by atoms with Crippen LogP contribution in [0.15, 0.2) is 59.4 Å². The van der Waals surface area contributed by atoms with Crippen LogP contribution in [0.25, 0.3) is 5.69 Å². The van der Waals surface area contributed by atoms with Gasteiger partial charge in [-0.3, -0.25) is 4.79 Å². The van der Waals surface area contributed by atoms with E-state index in [1.807, 2.05) is 30.3 Å². The fraction of sp³-hybridized carbons (Fsp3) is 0.304. The van der Waals surface area contributed by atoms with Gasteiger partial charge in [-0.2, -0.15) is 5.10 Å². The first-order valence-electron chi connectivity index (χ1n) is 10.2. The highest BCUT2D eigenvalue weighted by Crippen LogP contribution is 2.27. The van der Waals surface area contributed by atoms with Crippen molar-refractivity contribution in [2.45, 2.75) is 18.8 Å². The number of aryl methyl sites for hydroxylation is 1. The summed E-state index contributed by atoms with van der Waals surface area (Å²) in [5.74, 6) is 0.0649. The molecule has 0 aliphatic carbocycles. The summed E-state index contributed by atoms with van der Waals surface area (Å²) in [4.78, 5) is 39.2. The lowest BCUT2D eigenvalue weighted by Crippen LogP contribution is -2.40. The van der Waals surface area contributed by atoms with E-state index in [9.17, 15) is 14.4 Å². The number of ether oxygens (including phenoxy) is 1. The molecule has 4 rings (SSSR count). The van der Waals surface area contributed by atoms with Gasteiger partial charge in [0.1, 0.15) is 5.82 Å². The molecule has 1 atom stereocenters. The minimum atomic E-state index is -0.439. The summed E-state index contributed by atoms with van der Waals surface area (Å²) in [6.07, 6.45) is 1.66. The number of aromatic nitrogens is 3. The molecule has 3 aromatic rings. The summed E-state index contributed by atoms with van der Waals surface area (Å²) in [6.45, 7) is 1.11. The minimum Gasteiger partial charge on any atom is -0.465 e. The predicted molar refractivity (Wildman–Crippen MR) is 114 cm³/mol. The molecule has 1 saturated heterocycles. The molecule has 31 heavy (non-hydrogen) atoms. The highest BCUT2D eigenvalue weighted by Gasteiger charge is 2.30. The van der Waals surface area contributed by atoms with Crippen molar-refractivity contribution >= 4 is 11.9 Å². The number of para-hydroxylation sites is 1. The maximum absolute atomic E-state index is 13.1. The van der Waals surface area contributed by atoms with Crippen molar-refractivity contribution in [3.8, 4) is 5.69 Å². The Morgan fingerprint density at radius 2 is 1.71 bits per heavy atom. The Morgan fingerprint density at radius 1 is 1.03 bits per heavy atom. The molecule has 1 amide bonds. The Hall–Kier alpha value is -3.68. The molecular weight excluding hydrogens is 396 g/mol. The van der Waals surface area contributed by atoms with E-state index in [0.29, 0.717) is 30.0 Å². The van der Waals surface area contributed by atoms with Gasteiger partial charge in [0.25, 0.3) is 5.91 Å². The number of amides is 1. The van der Waals surface area contributed by atoms with Gasteiger partial charge in [0.15, 0.2) is 0 Å². The van der Waals surface area contributed by atoms with Crippen molar-refractivity contribution in [3.63, 3.8) is 0 Å². The number of hydrogen-bond acceptors (Lipinski definition) is 5. The maximum Gasteiger partial charge on any atom is 0.350 e. The molecule has 2 heterocycles. The molecule has 160 valence electrons. The number of benzene rings is 2. The second-order valence-corrected chi connectivity index (χ2v) is 7.59. The standard InChI is InChI=1S/C23H24N4O4/c1-25-23(30)27(19-8-4-3-5-9-19)20(24-25)18-7-6-14-26(15-18)21(28)16-10-12-17(13-11-16)22(29)31-2/h3-5,8-13,18H,6-7,14-15H2,1-2H3. The summed E-state index contributed by atoms with van der Waals surface area (Å²) in [5, 5.41) is 4.49. The highest BCUT2D eigenvalue weighted by molar-refractivity contribution is 5.96. The highest BCUT2D eigenvalue weighted by atomic mass is 16.5. The van der Waals surface area contributed by atoms with Crippen molar-refractivity contribution in [3.05, 3.63) is 82.0 Å². The number of methoxy groups -OCH3 is 1. The van der Waals surface area contributed by atoms with E-state index in [-0.39, 0.29) is 17.5 Å². The number of carbonyl (C=O) groups excluding carboxylic acids is 2. The third-order valence-electron chi connectivity index (χ3n) is 5.59. The van der Waals surface area contributed by atoms with Crippen molar-refractivity contribution < 1.29 is 14.3 Å². The zero-order valence-electron chi connectivity index (χ0n) is 17.5. The Bertz CT molecular complexity index is 1150. The summed E-state index contributed by atoms with van der Waals surface area (Å²) < 4.78 is 7.67. The lowest BCUT2D eigenvalue weighted by Gasteiger charge is -2.32. The lowest BCUT2D eigenvalue weighted by atomic mass is 9.96. The average Bonchev–Trinajstić information content (AvgIpc) is 3.13. The monoisotopic (exact) mass is 420 g/mol. The third kappa shape index (κ3) is 4.01. The van der Waals surface area contributed by atoms with Gasteiger partial charge in [-0.1, -0.05) is 18.2 Å². The summed E-state index contributed by atoms with van der Waals surface area (Å²) >= 11 is 0. The maximum atomic E-state index is 13.1. The quantitative estimate of drug-likeness (QED) is 0.605. The van der Waals surface area contributed by atoms with Crippen LogP contribution >= 0.6 is 0 Å². The van der Waals surface area contributed by atoms with Gasteiger partial charge < -0.3 is 9.64 Å². The van der Waals surface area contributed by atoms with Crippen LogP contribution in [0.5, 0.6) is 0 Å². The van der Waals surface area contributed by atoms with E-state index in [1.54, 1.807) is 40.8 Å². The van der Waals surface area contributed by atoms with Gasteiger partial charge in [-0.25, -0.2) is 18.8 Å². The molecule has 0 saturated carbocycles. The molecule has 1 aromatic heterocycles. The van der Waals surface area contributed by atoms with Gasteiger partial charge in [0.05, 0.1) is 18.4 Å².